The number of anilines is 1. The van der Waals surface area contributed by atoms with Crippen molar-refractivity contribution in [3.8, 4) is 0 Å². The van der Waals surface area contributed by atoms with Gasteiger partial charge in [-0.3, -0.25) is 14.4 Å². The van der Waals surface area contributed by atoms with Gasteiger partial charge in [-0.1, -0.05) is 42.7 Å². The molecule has 2 aromatic heterocycles. The summed E-state index contributed by atoms with van der Waals surface area (Å²) in [5, 5.41) is 4.84. The third kappa shape index (κ3) is 5.07. The smallest absolute Gasteiger partial charge is 0.260 e. The van der Waals surface area contributed by atoms with Gasteiger partial charge in [0.05, 0.1) is 21.7 Å². The van der Waals surface area contributed by atoms with Gasteiger partial charge in [-0.15, -0.1) is 0 Å². The van der Waals surface area contributed by atoms with Crippen LogP contribution in [-0.2, 0) is 16.6 Å². The molecule has 1 fully saturated rings. The number of hydrogen-bond acceptors (Lipinski definition) is 6. The van der Waals surface area contributed by atoms with Crippen LogP contribution in [0.1, 0.15) is 42.5 Å². The molecule has 36 heavy (non-hydrogen) atoms. The number of carbonyl (C=O) groups excluding carboxylic acids is 1. The van der Waals surface area contributed by atoms with E-state index in [-0.39, 0.29) is 16.8 Å². The van der Waals surface area contributed by atoms with E-state index in [4.69, 9.17) is 0 Å². The minimum absolute atomic E-state index is 0.0295. The fourth-order valence-corrected chi connectivity index (χ4v) is 7.03. The highest BCUT2D eigenvalue weighted by molar-refractivity contribution is 7.89. The number of hydrogen-bond donors (Lipinski definition) is 0. The number of fused-ring (bicyclic) bond motifs is 1. The zero-order chi connectivity index (χ0) is 25.1. The molecule has 0 atom stereocenters. The number of rotatable bonds is 8. The second kappa shape index (κ2) is 10.5. The number of benzene rings is 2. The summed E-state index contributed by atoms with van der Waals surface area (Å²) < 4.78 is 30.7. The van der Waals surface area contributed by atoms with Crippen molar-refractivity contribution in [3.63, 3.8) is 0 Å². The maximum atomic E-state index is 13.6. The molecule has 0 radical (unpaired) electrons. The first-order valence-electron chi connectivity index (χ1n) is 12.2. The summed E-state index contributed by atoms with van der Waals surface area (Å²) in [7, 11) is -1.96. The summed E-state index contributed by atoms with van der Waals surface area (Å²) in [6.07, 6.45) is 8.60. The van der Waals surface area contributed by atoms with Crippen LogP contribution in [-0.4, -0.2) is 53.0 Å². The average Bonchev–Trinajstić information content (AvgIpc) is 3.59. The molecule has 0 aliphatic heterocycles. The molecule has 5 rings (SSSR count). The zero-order valence-electron chi connectivity index (χ0n) is 20.2. The Bertz CT molecular complexity index is 1390. The van der Waals surface area contributed by atoms with E-state index in [2.05, 4.69) is 10.1 Å². The zero-order valence-corrected chi connectivity index (χ0v) is 21.8. The molecule has 1 saturated carbocycles. The molecule has 0 spiro atoms. The average molecular weight is 524 g/mol. The number of sulfonamides is 1. The fraction of sp³-hybridized carbons (Fsp3) is 0.346. The molecule has 10 heteroatoms. The van der Waals surface area contributed by atoms with Crippen molar-refractivity contribution in [2.24, 2.45) is 0 Å². The Kier molecular flexibility index (Phi) is 7.17. The van der Waals surface area contributed by atoms with Crippen LogP contribution < -0.4 is 4.90 Å². The summed E-state index contributed by atoms with van der Waals surface area (Å²) >= 11 is 1.45. The van der Waals surface area contributed by atoms with Crippen LogP contribution in [0.15, 0.2) is 71.9 Å². The van der Waals surface area contributed by atoms with Crippen LogP contribution in [0.25, 0.3) is 10.2 Å². The quantitative estimate of drug-likeness (QED) is 0.331. The van der Waals surface area contributed by atoms with Gasteiger partial charge in [0.2, 0.25) is 10.0 Å². The Balaban J connectivity index is 1.40. The maximum Gasteiger partial charge on any atom is 0.260 e. The van der Waals surface area contributed by atoms with E-state index in [1.54, 1.807) is 35.0 Å². The first-order valence-corrected chi connectivity index (χ1v) is 14.4. The molecule has 0 bridgehead atoms. The van der Waals surface area contributed by atoms with Gasteiger partial charge >= 0.3 is 0 Å². The first kappa shape index (κ1) is 24.6. The minimum atomic E-state index is -3.62. The van der Waals surface area contributed by atoms with Gasteiger partial charge in [0.25, 0.3) is 5.91 Å². The van der Waals surface area contributed by atoms with E-state index in [1.165, 1.54) is 27.8 Å². The van der Waals surface area contributed by atoms with Crippen molar-refractivity contribution in [2.45, 2.75) is 49.6 Å². The lowest BCUT2D eigenvalue weighted by molar-refractivity contribution is 0.0985. The van der Waals surface area contributed by atoms with E-state index >= 15 is 0 Å². The molecule has 0 unspecified atom stereocenters. The molecule has 8 nitrogen and oxygen atoms in total. The van der Waals surface area contributed by atoms with E-state index in [1.807, 2.05) is 36.5 Å². The second-order valence-corrected chi connectivity index (χ2v) is 12.0. The number of carbonyl (C=O) groups is 1. The normalized spacial score (nSPS) is 14.9. The second-order valence-electron chi connectivity index (χ2n) is 9.03. The standard InChI is InChI=1S/C26H29N5O3S2/c1-29(21-8-3-2-4-9-21)36(33,34)22-14-12-20(13-15-22)25(32)31(19-18-30-17-7-16-27-30)26-28-23-10-5-6-11-24(23)35-26/h5-7,10-17,21H,2-4,8-9,18-19H2,1H3. The number of aromatic nitrogens is 3. The van der Waals surface area contributed by atoms with Crippen LogP contribution in [0.2, 0.25) is 0 Å². The van der Waals surface area contributed by atoms with Gasteiger partial charge in [0, 0.05) is 37.6 Å². The Labute approximate surface area is 215 Å². The predicted molar refractivity (Wildman–Crippen MR) is 142 cm³/mol. The van der Waals surface area contributed by atoms with Crippen LogP contribution in [0, 0.1) is 0 Å². The Morgan fingerprint density at radius 3 is 2.50 bits per heavy atom. The highest BCUT2D eigenvalue weighted by atomic mass is 32.2. The number of para-hydroxylation sites is 1. The molecule has 2 aromatic carbocycles. The van der Waals surface area contributed by atoms with Crippen LogP contribution in [0.4, 0.5) is 5.13 Å². The monoisotopic (exact) mass is 523 g/mol. The van der Waals surface area contributed by atoms with Crippen molar-refractivity contribution in [1.29, 1.82) is 0 Å². The SMILES string of the molecule is CN(C1CCCCC1)S(=O)(=O)c1ccc(C(=O)N(CCn2cccn2)c2nc3ccccc3s2)cc1. The van der Waals surface area contributed by atoms with Crippen LogP contribution in [0.3, 0.4) is 0 Å². The third-order valence-corrected chi connectivity index (χ3v) is 9.72. The molecule has 1 amide bonds. The van der Waals surface area contributed by atoms with Crippen molar-refractivity contribution in [2.75, 3.05) is 18.5 Å². The van der Waals surface area contributed by atoms with E-state index < -0.39 is 10.0 Å². The van der Waals surface area contributed by atoms with E-state index in [0.29, 0.717) is 23.8 Å². The van der Waals surface area contributed by atoms with Crippen LogP contribution in [0.5, 0.6) is 0 Å². The molecule has 1 aliphatic rings. The summed E-state index contributed by atoms with van der Waals surface area (Å²) in [5.41, 5.74) is 1.25. The number of thiazole rings is 1. The summed E-state index contributed by atoms with van der Waals surface area (Å²) in [4.78, 5) is 20.2. The highest BCUT2D eigenvalue weighted by Gasteiger charge is 2.29. The maximum absolute atomic E-state index is 13.6. The van der Waals surface area contributed by atoms with E-state index in [0.717, 1.165) is 42.3 Å². The molecular weight excluding hydrogens is 494 g/mol. The van der Waals surface area contributed by atoms with Gasteiger partial charge < -0.3 is 0 Å². The van der Waals surface area contributed by atoms with Crippen molar-refractivity contribution < 1.29 is 13.2 Å². The van der Waals surface area contributed by atoms with Crippen molar-refractivity contribution >= 4 is 42.6 Å². The molecule has 2 heterocycles. The van der Waals surface area contributed by atoms with Crippen LogP contribution >= 0.6 is 11.3 Å². The first-order chi connectivity index (χ1) is 17.4. The largest absolute Gasteiger partial charge is 0.282 e. The summed E-state index contributed by atoms with van der Waals surface area (Å²) in [5.74, 6) is -0.231. The highest BCUT2D eigenvalue weighted by Crippen LogP contribution is 2.30. The van der Waals surface area contributed by atoms with Gasteiger partial charge in [0.15, 0.2) is 5.13 Å². The Morgan fingerprint density at radius 1 is 1.06 bits per heavy atom. The Morgan fingerprint density at radius 2 is 1.81 bits per heavy atom. The lowest BCUT2D eigenvalue weighted by atomic mass is 9.96. The van der Waals surface area contributed by atoms with E-state index in [9.17, 15) is 13.2 Å². The Hall–Kier alpha value is -3.08. The lowest BCUT2D eigenvalue weighted by Gasteiger charge is -2.30. The molecule has 4 aromatic rings. The topological polar surface area (TPSA) is 88.4 Å². The number of nitrogens with zero attached hydrogens (tertiary/aromatic N) is 5. The minimum Gasteiger partial charge on any atom is -0.282 e. The predicted octanol–water partition coefficient (Wildman–Crippen LogP) is 4.79. The van der Waals surface area contributed by atoms with Crippen molar-refractivity contribution in [1.82, 2.24) is 19.1 Å². The fourth-order valence-electron chi connectivity index (χ4n) is 4.63. The molecule has 0 saturated heterocycles. The molecule has 0 N–H and O–H groups in total. The van der Waals surface area contributed by atoms with Crippen molar-refractivity contribution in [3.05, 3.63) is 72.6 Å². The summed E-state index contributed by atoms with van der Waals surface area (Å²) in [6.45, 7) is 0.887. The third-order valence-electron chi connectivity index (χ3n) is 6.74. The molecular formula is C26H29N5O3S2. The molecule has 1 aliphatic carbocycles. The van der Waals surface area contributed by atoms with Gasteiger partial charge in [-0.05, 0) is 55.3 Å². The summed E-state index contributed by atoms with van der Waals surface area (Å²) in [6, 6.07) is 15.9. The number of amides is 1. The van der Waals surface area contributed by atoms with Gasteiger partial charge in [-0.25, -0.2) is 13.4 Å². The van der Waals surface area contributed by atoms with Gasteiger partial charge in [-0.2, -0.15) is 9.40 Å². The van der Waals surface area contributed by atoms with Gasteiger partial charge in [0.1, 0.15) is 0 Å². The molecule has 188 valence electrons. The lowest BCUT2D eigenvalue weighted by Crippen LogP contribution is -2.38.